The third-order valence-corrected chi connectivity index (χ3v) is 2.03. The molecule has 2 nitrogen and oxygen atoms in total. The fraction of sp³-hybridized carbons (Fsp3) is 0.111. The molecular formula is C9H9NOS. The smallest absolute Gasteiger partial charge is 0.219 e. The van der Waals surface area contributed by atoms with Gasteiger partial charge < -0.3 is 5.73 Å². The van der Waals surface area contributed by atoms with Crippen molar-refractivity contribution in [1.29, 1.82) is 0 Å². The van der Waals surface area contributed by atoms with E-state index in [1.807, 2.05) is 0 Å². The predicted molar refractivity (Wildman–Crippen MR) is 51.9 cm³/mol. The van der Waals surface area contributed by atoms with Gasteiger partial charge in [-0.2, -0.15) is 0 Å². The van der Waals surface area contributed by atoms with Crippen molar-refractivity contribution in [2.45, 2.75) is 0 Å². The molecule has 1 aromatic carbocycles. The molecule has 62 valence electrons. The van der Waals surface area contributed by atoms with Crippen molar-refractivity contribution in [2.24, 2.45) is 0 Å². The Morgan fingerprint density at radius 1 is 1.42 bits per heavy atom. The first-order valence-corrected chi connectivity index (χ1v) is 4.45. The van der Waals surface area contributed by atoms with E-state index in [9.17, 15) is 4.79 Å². The summed E-state index contributed by atoms with van der Waals surface area (Å²) in [6.07, 6.45) is 0. The number of carbonyl (C=O) groups is 1. The van der Waals surface area contributed by atoms with Crippen LogP contribution in [0.15, 0.2) is 24.3 Å². The van der Waals surface area contributed by atoms with Crippen LogP contribution < -0.4 is 5.73 Å². The molecule has 0 spiro atoms. The summed E-state index contributed by atoms with van der Waals surface area (Å²) in [5.74, 6) is 0.309. The molecule has 0 atom stereocenters. The highest BCUT2D eigenvalue weighted by Gasteiger charge is 2.03. The summed E-state index contributed by atoms with van der Waals surface area (Å²) in [7, 11) is 0. The average molecular weight is 179 g/mol. The van der Waals surface area contributed by atoms with Gasteiger partial charge in [0, 0.05) is 17.0 Å². The maximum Gasteiger partial charge on any atom is 0.219 e. The summed E-state index contributed by atoms with van der Waals surface area (Å²) < 4.78 is 0. The fourth-order valence-electron chi connectivity index (χ4n) is 0.778. The maximum atomic E-state index is 11.2. The zero-order valence-corrected chi connectivity index (χ0v) is 7.30. The molecule has 12 heavy (non-hydrogen) atoms. The van der Waals surface area contributed by atoms with Crippen LogP contribution in [-0.4, -0.2) is 10.9 Å². The number of hydrogen-bond acceptors (Lipinski definition) is 3. The van der Waals surface area contributed by atoms with Crippen LogP contribution in [0.1, 0.15) is 10.4 Å². The number of rotatable bonds is 2. The topological polar surface area (TPSA) is 43.1 Å². The number of carbonyl (C=O) groups excluding carboxylic acids is 1. The minimum absolute atomic E-state index is 0.0162. The summed E-state index contributed by atoms with van der Waals surface area (Å²) in [6.45, 7) is 5.21. The van der Waals surface area contributed by atoms with Crippen LogP contribution in [0.3, 0.4) is 0 Å². The Morgan fingerprint density at radius 3 is 2.50 bits per heavy atom. The van der Waals surface area contributed by atoms with Crippen molar-refractivity contribution >= 4 is 22.6 Å². The molecule has 3 heteroatoms. The van der Waals surface area contributed by atoms with Gasteiger partial charge in [-0.15, -0.1) is 0 Å². The number of nitrogens with two attached hydrogens (primary N) is 1. The van der Waals surface area contributed by atoms with Crippen LogP contribution >= 0.6 is 11.8 Å². The van der Waals surface area contributed by atoms with Crippen molar-refractivity contribution in [1.82, 2.24) is 0 Å². The second kappa shape index (κ2) is 4.16. The van der Waals surface area contributed by atoms with Crippen LogP contribution in [0.2, 0.25) is 0 Å². The Hall–Kier alpha value is -0.960. The van der Waals surface area contributed by atoms with Gasteiger partial charge in [0.15, 0.2) is 0 Å². The third-order valence-electron chi connectivity index (χ3n) is 1.36. The van der Waals surface area contributed by atoms with E-state index in [0.29, 0.717) is 17.0 Å². The molecular weight excluding hydrogens is 170 g/mol. The number of anilines is 1. The second-order valence-corrected chi connectivity index (χ2v) is 3.21. The SMILES string of the molecule is [CH]CSC(=O)c1ccc(N)cc1. The van der Waals surface area contributed by atoms with E-state index in [1.54, 1.807) is 24.3 Å². The van der Waals surface area contributed by atoms with E-state index in [0.717, 1.165) is 11.8 Å². The van der Waals surface area contributed by atoms with E-state index < -0.39 is 0 Å². The highest BCUT2D eigenvalue weighted by Crippen LogP contribution is 2.13. The lowest BCUT2D eigenvalue weighted by Gasteiger charge is -1.98. The molecule has 0 aliphatic heterocycles. The maximum absolute atomic E-state index is 11.2. The summed E-state index contributed by atoms with van der Waals surface area (Å²) in [5.41, 5.74) is 6.75. The highest BCUT2D eigenvalue weighted by molar-refractivity contribution is 8.14. The molecule has 0 aromatic heterocycles. The van der Waals surface area contributed by atoms with Crippen molar-refractivity contribution < 1.29 is 4.79 Å². The van der Waals surface area contributed by atoms with E-state index in [4.69, 9.17) is 12.7 Å². The van der Waals surface area contributed by atoms with Crippen molar-refractivity contribution in [2.75, 3.05) is 11.5 Å². The van der Waals surface area contributed by atoms with Gasteiger partial charge in [0.2, 0.25) is 5.12 Å². The van der Waals surface area contributed by atoms with Crippen LogP contribution in [0.4, 0.5) is 5.69 Å². The van der Waals surface area contributed by atoms with Crippen LogP contribution in [0.25, 0.3) is 0 Å². The summed E-state index contributed by atoms with van der Waals surface area (Å²) in [6, 6.07) is 6.79. The molecule has 0 heterocycles. The molecule has 0 saturated carbocycles. The Kier molecular flexibility index (Phi) is 3.17. The normalized spacial score (nSPS) is 9.75. The molecule has 0 aliphatic carbocycles. The largest absolute Gasteiger partial charge is 0.399 e. The van der Waals surface area contributed by atoms with Gasteiger partial charge >= 0.3 is 0 Å². The minimum atomic E-state index is -0.0162. The van der Waals surface area contributed by atoms with Crippen molar-refractivity contribution in [3.8, 4) is 0 Å². The zero-order chi connectivity index (χ0) is 8.97. The molecule has 0 bridgehead atoms. The number of thioether (sulfide) groups is 1. The second-order valence-electron chi connectivity index (χ2n) is 2.22. The Balaban J connectivity index is 2.75. The first-order valence-electron chi connectivity index (χ1n) is 3.47. The van der Waals surface area contributed by atoms with Gasteiger partial charge in [-0.3, -0.25) is 4.79 Å². The quantitative estimate of drug-likeness (QED) is 0.704. The van der Waals surface area contributed by atoms with E-state index in [-0.39, 0.29) is 5.12 Å². The Bertz CT molecular complexity index is 268. The third kappa shape index (κ3) is 2.27. The first-order chi connectivity index (χ1) is 5.74. The Labute approximate surface area is 76.2 Å². The molecule has 0 aliphatic rings. The zero-order valence-electron chi connectivity index (χ0n) is 6.49. The molecule has 2 radical (unpaired) electrons. The molecule has 0 fully saturated rings. The lowest BCUT2D eigenvalue weighted by Crippen LogP contribution is -1.94. The van der Waals surface area contributed by atoms with Crippen LogP contribution in [0.5, 0.6) is 0 Å². The van der Waals surface area contributed by atoms with Gasteiger partial charge in [0.1, 0.15) is 0 Å². The number of hydrogen-bond donors (Lipinski definition) is 1. The van der Waals surface area contributed by atoms with E-state index in [2.05, 4.69) is 0 Å². The van der Waals surface area contributed by atoms with Gasteiger partial charge in [-0.1, -0.05) is 11.8 Å². The molecule has 0 amide bonds. The van der Waals surface area contributed by atoms with Crippen LogP contribution in [-0.2, 0) is 0 Å². The summed E-state index contributed by atoms with van der Waals surface area (Å²) in [5, 5.41) is -0.0162. The molecule has 1 aromatic rings. The predicted octanol–water partition coefficient (Wildman–Crippen LogP) is 1.85. The standard InChI is InChI=1S/C9H9NOS/c1-2-12-9(11)7-3-5-8(10)6-4-7/h1,3-6H,2,10H2. The van der Waals surface area contributed by atoms with Gasteiger partial charge in [-0.05, 0) is 31.2 Å². The highest BCUT2D eigenvalue weighted by atomic mass is 32.2. The molecule has 2 N–H and O–H groups in total. The monoisotopic (exact) mass is 179 g/mol. The van der Waals surface area contributed by atoms with Crippen molar-refractivity contribution in [3.05, 3.63) is 36.8 Å². The van der Waals surface area contributed by atoms with Gasteiger partial charge in [-0.25, -0.2) is 0 Å². The van der Waals surface area contributed by atoms with E-state index in [1.165, 1.54) is 0 Å². The van der Waals surface area contributed by atoms with Crippen molar-refractivity contribution in [3.63, 3.8) is 0 Å². The minimum Gasteiger partial charge on any atom is -0.399 e. The lowest BCUT2D eigenvalue weighted by molar-refractivity contribution is 0.108. The Morgan fingerprint density at radius 2 is 2.00 bits per heavy atom. The molecule has 0 unspecified atom stereocenters. The number of nitrogen functional groups attached to an aromatic ring is 1. The fourth-order valence-corrected chi connectivity index (χ4v) is 1.23. The molecule has 0 saturated heterocycles. The van der Waals surface area contributed by atoms with Gasteiger partial charge in [0.05, 0.1) is 0 Å². The summed E-state index contributed by atoms with van der Waals surface area (Å²) in [4.78, 5) is 11.2. The van der Waals surface area contributed by atoms with E-state index >= 15 is 0 Å². The lowest BCUT2D eigenvalue weighted by atomic mass is 10.2. The van der Waals surface area contributed by atoms with Gasteiger partial charge in [0.25, 0.3) is 0 Å². The molecule has 1 rings (SSSR count). The summed E-state index contributed by atoms with van der Waals surface area (Å²) >= 11 is 1.09. The first kappa shape index (κ1) is 9.13. The number of benzene rings is 1. The van der Waals surface area contributed by atoms with Crippen LogP contribution in [0, 0.1) is 6.92 Å². The average Bonchev–Trinajstić information content (AvgIpc) is 2.06.